The van der Waals surface area contributed by atoms with E-state index in [0.29, 0.717) is 19.6 Å². The van der Waals surface area contributed by atoms with Crippen LogP contribution < -0.4 is 0 Å². The molecule has 0 radical (unpaired) electrons. The molecule has 0 aromatic carbocycles. The van der Waals surface area contributed by atoms with Gasteiger partial charge in [-0.05, 0) is 12.5 Å². The van der Waals surface area contributed by atoms with Crippen molar-refractivity contribution in [1.29, 1.82) is 0 Å². The predicted molar refractivity (Wildman–Crippen MR) is 76.7 cm³/mol. The van der Waals surface area contributed by atoms with Crippen molar-refractivity contribution in [2.45, 2.75) is 12.5 Å². The molecular formula is C16H20O4. The predicted octanol–water partition coefficient (Wildman–Crippen LogP) is 0.512. The number of aliphatic hydroxyl groups excluding tert-OH is 2. The van der Waals surface area contributed by atoms with Gasteiger partial charge in [-0.1, -0.05) is 24.0 Å². The van der Waals surface area contributed by atoms with Crippen molar-refractivity contribution in [3.8, 4) is 24.7 Å². The highest BCUT2D eigenvalue weighted by Gasteiger charge is 2.34. The third-order valence-electron chi connectivity index (χ3n) is 3.13. The van der Waals surface area contributed by atoms with E-state index >= 15 is 0 Å². The van der Waals surface area contributed by atoms with Crippen LogP contribution in [0.3, 0.4) is 0 Å². The molecule has 4 heteroatoms. The molecule has 0 aliphatic heterocycles. The number of terminal acetylenes is 2. The maximum atomic E-state index is 10.2. The Morgan fingerprint density at radius 2 is 2.05 bits per heavy atom. The molecule has 4 nitrogen and oxygen atoms in total. The summed E-state index contributed by atoms with van der Waals surface area (Å²) in [6.45, 7) is 1.09. The number of hydrogen-bond donors (Lipinski definition) is 2. The van der Waals surface area contributed by atoms with Crippen molar-refractivity contribution >= 4 is 0 Å². The minimum Gasteiger partial charge on any atom is -0.394 e. The molecule has 0 aromatic heterocycles. The van der Waals surface area contributed by atoms with Crippen molar-refractivity contribution in [3.63, 3.8) is 0 Å². The monoisotopic (exact) mass is 276 g/mol. The van der Waals surface area contributed by atoms with Gasteiger partial charge in [0.25, 0.3) is 0 Å². The number of aliphatic hydroxyl groups is 2. The Morgan fingerprint density at radius 1 is 1.30 bits per heavy atom. The van der Waals surface area contributed by atoms with Crippen LogP contribution in [0.2, 0.25) is 0 Å². The van der Waals surface area contributed by atoms with Crippen LogP contribution in [0.5, 0.6) is 0 Å². The van der Waals surface area contributed by atoms with Crippen molar-refractivity contribution in [2.75, 3.05) is 33.0 Å². The lowest BCUT2D eigenvalue weighted by atomic mass is 9.76. The van der Waals surface area contributed by atoms with Crippen LogP contribution in [0.1, 0.15) is 6.42 Å². The highest BCUT2D eigenvalue weighted by molar-refractivity contribution is 5.42. The molecule has 0 saturated heterocycles. The molecule has 1 aliphatic carbocycles. The highest BCUT2D eigenvalue weighted by atomic mass is 16.5. The van der Waals surface area contributed by atoms with Crippen LogP contribution in [-0.4, -0.2) is 49.4 Å². The lowest BCUT2D eigenvalue weighted by molar-refractivity contribution is -0.0254. The zero-order valence-corrected chi connectivity index (χ0v) is 11.4. The Kier molecular flexibility index (Phi) is 7.08. The molecule has 2 N–H and O–H groups in total. The maximum absolute atomic E-state index is 10.2. The third kappa shape index (κ3) is 4.52. The van der Waals surface area contributed by atoms with Crippen molar-refractivity contribution in [2.24, 2.45) is 5.41 Å². The standard InChI is InChI=1S/C16H20O4/c1-3-14-5-7-16(4-2,8-6-14)15(18)13-20-12-11-19-10-9-17/h1-2,5-7,15,17-18H,8-13H2. The topological polar surface area (TPSA) is 58.9 Å². The molecule has 0 heterocycles. The van der Waals surface area contributed by atoms with Gasteiger partial charge in [0.05, 0.1) is 44.6 Å². The summed E-state index contributed by atoms with van der Waals surface area (Å²) in [5.74, 6) is 5.16. The summed E-state index contributed by atoms with van der Waals surface area (Å²) in [6.07, 6.45) is 15.9. The van der Waals surface area contributed by atoms with Gasteiger partial charge < -0.3 is 19.7 Å². The molecule has 0 aromatic rings. The normalized spacial score (nSPS) is 22.7. The van der Waals surface area contributed by atoms with Crippen LogP contribution in [0.4, 0.5) is 0 Å². The van der Waals surface area contributed by atoms with Gasteiger partial charge >= 0.3 is 0 Å². The molecular weight excluding hydrogens is 256 g/mol. The van der Waals surface area contributed by atoms with Gasteiger partial charge in [0.2, 0.25) is 0 Å². The van der Waals surface area contributed by atoms with Crippen molar-refractivity contribution in [1.82, 2.24) is 0 Å². The average molecular weight is 276 g/mol. The zero-order valence-electron chi connectivity index (χ0n) is 11.4. The quantitative estimate of drug-likeness (QED) is 0.501. The SMILES string of the molecule is C#CC1=CCC(C#C)(C(O)COCCOCCO)C=C1. The van der Waals surface area contributed by atoms with E-state index in [9.17, 15) is 5.11 Å². The van der Waals surface area contributed by atoms with E-state index in [2.05, 4.69) is 11.8 Å². The first kappa shape index (κ1) is 16.5. The molecule has 0 saturated carbocycles. The molecule has 0 fully saturated rings. The summed E-state index contributed by atoms with van der Waals surface area (Å²) in [7, 11) is 0. The number of rotatable bonds is 8. The first-order valence-electron chi connectivity index (χ1n) is 6.46. The first-order valence-corrected chi connectivity index (χ1v) is 6.46. The van der Waals surface area contributed by atoms with Gasteiger partial charge in [0.1, 0.15) is 0 Å². The summed E-state index contributed by atoms with van der Waals surface area (Å²) in [4.78, 5) is 0. The molecule has 0 spiro atoms. The Hall–Kier alpha value is -1.56. The van der Waals surface area contributed by atoms with Gasteiger partial charge in [-0.15, -0.1) is 12.8 Å². The Morgan fingerprint density at radius 3 is 2.60 bits per heavy atom. The molecule has 2 atom stereocenters. The summed E-state index contributed by atoms with van der Waals surface area (Å²) in [5, 5.41) is 18.7. The van der Waals surface area contributed by atoms with E-state index in [0.717, 1.165) is 5.57 Å². The Labute approximate surface area is 120 Å². The summed E-state index contributed by atoms with van der Waals surface area (Å²) in [6, 6.07) is 0. The summed E-state index contributed by atoms with van der Waals surface area (Å²) in [5.41, 5.74) is -0.00634. The zero-order chi connectivity index (χ0) is 14.8. The van der Waals surface area contributed by atoms with Gasteiger partial charge in [-0.3, -0.25) is 0 Å². The van der Waals surface area contributed by atoms with Gasteiger partial charge in [0, 0.05) is 5.57 Å². The third-order valence-corrected chi connectivity index (χ3v) is 3.13. The first-order chi connectivity index (χ1) is 9.68. The minimum absolute atomic E-state index is 0.0164. The Balaban J connectivity index is 2.40. The van der Waals surface area contributed by atoms with Crippen LogP contribution in [0.25, 0.3) is 0 Å². The van der Waals surface area contributed by atoms with Crippen LogP contribution in [-0.2, 0) is 9.47 Å². The number of hydrogen-bond acceptors (Lipinski definition) is 4. The molecule has 1 rings (SSSR count). The summed E-state index contributed by atoms with van der Waals surface area (Å²) < 4.78 is 10.4. The average Bonchev–Trinajstić information content (AvgIpc) is 2.50. The van der Waals surface area contributed by atoms with Crippen molar-refractivity contribution < 1.29 is 19.7 Å². The van der Waals surface area contributed by atoms with Crippen molar-refractivity contribution in [3.05, 3.63) is 23.8 Å². The molecule has 2 unspecified atom stereocenters. The van der Waals surface area contributed by atoms with E-state index < -0.39 is 11.5 Å². The lowest BCUT2D eigenvalue weighted by Gasteiger charge is -2.31. The van der Waals surface area contributed by atoms with E-state index in [1.54, 1.807) is 12.2 Å². The fourth-order valence-corrected chi connectivity index (χ4v) is 1.84. The van der Waals surface area contributed by atoms with Crippen LogP contribution in [0, 0.1) is 30.1 Å². The van der Waals surface area contributed by atoms with Gasteiger partial charge in [0.15, 0.2) is 0 Å². The summed E-state index contributed by atoms with van der Waals surface area (Å²) >= 11 is 0. The second-order valence-corrected chi connectivity index (χ2v) is 4.45. The molecule has 108 valence electrons. The molecule has 1 aliphatic rings. The van der Waals surface area contributed by atoms with Crippen LogP contribution in [0.15, 0.2) is 23.8 Å². The van der Waals surface area contributed by atoms with Crippen LogP contribution >= 0.6 is 0 Å². The second kappa shape index (κ2) is 8.58. The van der Waals surface area contributed by atoms with E-state index in [1.807, 2.05) is 6.08 Å². The largest absolute Gasteiger partial charge is 0.394 e. The van der Waals surface area contributed by atoms with E-state index in [4.69, 9.17) is 27.4 Å². The fraction of sp³-hybridized carbons (Fsp3) is 0.500. The minimum atomic E-state index is -0.808. The van der Waals surface area contributed by atoms with Gasteiger partial charge in [-0.25, -0.2) is 0 Å². The number of ether oxygens (including phenoxy) is 2. The fourth-order valence-electron chi connectivity index (χ4n) is 1.84. The smallest absolute Gasteiger partial charge is 0.0976 e. The Bertz CT molecular complexity index is 438. The van der Waals surface area contributed by atoms with Gasteiger partial charge in [-0.2, -0.15) is 0 Å². The number of allylic oxidation sites excluding steroid dienone is 3. The van der Waals surface area contributed by atoms with E-state index in [-0.39, 0.29) is 19.8 Å². The lowest BCUT2D eigenvalue weighted by Crippen LogP contribution is -2.36. The van der Waals surface area contributed by atoms with E-state index in [1.165, 1.54) is 0 Å². The molecule has 0 amide bonds. The molecule has 0 bridgehead atoms. The molecule has 20 heavy (non-hydrogen) atoms. The maximum Gasteiger partial charge on any atom is 0.0976 e. The highest BCUT2D eigenvalue weighted by Crippen LogP contribution is 2.33. The second-order valence-electron chi connectivity index (χ2n) is 4.45.